The zero-order chi connectivity index (χ0) is 24.0. The molecule has 0 aromatic heterocycles. The minimum absolute atomic E-state index is 0.0891. The number of phenols is 1. The zero-order valence-corrected chi connectivity index (χ0v) is 19.2. The van der Waals surface area contributed by atoms with Crippen molar-refractivity contribution in [2.24, 2.45) is 0 Å². The van der Waals surface area contributed by atoms with Crippen LogP contribution < -0.4 is 19.7 Å². The largest absolute Gasteiger partial charge is 0.508 e. The van der Waals surface area contributed by atoms with Crippen LogP contribution in [0.1, 0.15) is 18.1 Å². The molecule has 1 unspecified atom stereocenters. The van der Waals surface area contributed by atoms with Crippen molar-refractivity contribution in [1.29, 1.82) is 5.41 Å². The van der Waals surface area contributed by atoms with Crippen LogP contribution in [0.5, 0.6) is 17.2 Å². The summed E-state index contributed by atoms with van der Waals surface area (Å²) < 4.78 is 10.9. The third-order valence-corrected chi connectivity index (χ3v) is 6.57. The lowest BCUT2D eigenvalue weighted by molar-refractivity contribution is -0.118. The van der Waals surface area contributed by atoms with Crippen molar-refractivity contribution in [3.63, 3.8) is 0 Å². The first-order chi connectivity index (χ1) is 16.4. The van der Waals surface area contributed by atoms with Crippen LogP contribution in [0.3, 0.4) is 0 Å². The molecule has 0 radical (unpaired) electrons. The van der Waals surface area contributed by atoms with Gasteiger partial charge in [-0.1, -0.05) is 30.3 Å². The number of Topliss-reactive ketones (excluding diaryl/α,β-unsaturated/α-hetero) is 1. The number of phenolic OH excluding ortho intramolecular Hbond substituents is 1. The molecule has 34 heavy (non-hydrogen) atoms. The van der Waals surface area contributed by atoms with Crippen LogP contribution in [0.25, 0.3) is 0 Å². The number of nitrogens with one attached hydrogen (secondary N) is 2. The number of anilines is 2. The van der Waals surface area contributed by atoms with Gasteiger partial charge in [-0.05, 0) is 36.2 Å². The highest BCUT2D eigenvalue weighted by atomic mass is 16.5. The van der Waals surface area contributed by atoms with Crippen molar-refractivity contribution in [3.8, 4) is 17.2 Å². The number of carbonyl (C=O) groups is 1. The molecular weight excluding hydrogens is 430 g/mol. The van der Waals surface area contributed by atoms with E-state index in [4.69, 9.17) is 9.47 Å². The van der Waals surface area contributed by atoms with Gasteiger partial charge in [0.2, 0.25) is 0 Å². The number of ether oxygens (including phenoxy) is 2. The molecule has 7 heteroatoms. The van der Waals surface area contributed by atoms with Crippen molar-refractivity contribution >= 4 is 23.0 Å². The Kier molecular flexibility index (Phi) is 5.05. The summed E-state index contributed by atoms with van der Waals surface area (Å²) in [6.45, 7) is 1.80. The number of allylic oxidation sites excluding steroid dienone is 1. The number of rotatable bonds is 4. The Morgan fingerprint density at radius 3 is 2.26 bits per heavy atom. The molecule has 0 spiro atoms. The molecule has 0 aliphatic carbocycles. The maximum Gasteiger partial charge on any atom is 0.198 e. The molecule has 3 aromatic carbocycles. The summed E-state index contributed by atoms with van der Waals surface area (Å²) in [5.41, 5.74) is 3.11. The maximum atomic E-state index is 14.1. The first-order valence-corrected chi connectivity index (χ1v) is 10.9. The standard InChI is InChI=1S/C27H25N3O4/c1-27(17-8-10-19(31)11-9-17)25(32)24(23-12-16-6-4-5-7-22(16)29-23)26(28)30(27)18-13-20(33-2)15-21(14-18)34-3/h4-11,13-15,28-29,31H,12H2,1-3H3. The van der Waals surface area contributed by atoms with Gasteiger partial charge in [-0.15, -0.1) is 0 Å². The highest BCUT2D eigenvalue weighted by Gasteiger charge is 2.54. The van der Waals surface area contributed by atoms with Crippen LogP contribution in [-0.4, -0.2) is 30.9 Å². The quantitative estimate of drug-likeness (QED) is 0.497. The number of ketones is 1. The first kappa shape index (κ1) is 21.6. The van der Waals surface area contributed by atoms with Crippen LogP contribution in [0.15, 0.2) is 78.0 Å². The molecular formula is C27H25N3O4. The molecule has 0 amide bonds. The Morgan fingerprint density at radius 2 is 1.65 bits per heavy atom. The summed E-state index contributed by atoms with van der Waals surface area (Å²) in [6.07, 6.45) is 0.542. The fraction of sp³-hybridized carbons (Fsp3) is 0.185. The van der Waals surface area contributed by atoms with Crippen LogP contribution in [-0.2, 0) is 16.8 Å². The first-order valence-electron chi connectivity index (χ1n) is 10.9. The fourth-order valence-electron chi connectivity index (χ4n) is 4.77. The van der Waals surface area contributed by atoms with Gasteiger partial charge in [-0.3, -0.25) is 10.2 Å². The lowest BCUT2D eigenvalue weighted by atomic mass is 9.86. The Hall–Kier alpha value is -4.26. The van der Waals surface area contributed by atoms with Crippen molar-refractivity contribution in [1.82, 2.24) is 0 Å². The minimum atomic E-state index is -1.22. The summed E-state index contributed by atoms with van der Waals surface area (Å²) in [5, 5.41) is 22.4. The number of carbonyl (C=O) groups excluding carboxylic acids is 1. The predicted molar refractivity (Wildman–Crippen MR) is 131 cm³/mol. The Morgan fingerprint density at radius 1 is 1.00 bits per heavy atom. The van der Waals surface area contributed by atoms with Crippen LogP contribution in [0, 0.1) is 5.41 Å². The van der Waals surface area contributed by atoms with Gasteiger partial charge in [0.25, 0.3) is 0 Å². The van der Waals surface area contributed by atoms with Gasteiger partial charge < -0.3 is 24.8 Å². The van der Waals surface area contributed by atoms with Crippen LogP contribution >= 0.6 is 0 Å². The van der Waals surface area contributed by atoms with E-state index in [9.17, 15) is 15.3 Å². The summed E-state index contributed by atoms with van der Waals surface area (Å²) >= 11 is 0. The van der Waals surface area contributed by atoms with E-state index in [0.717, 1.165) is 11.3 Å². The third-order valence-electron chi connectivity index (χ3n) is 6.57. The molecule has 7 nitrogen and oxygen atoms in total. The van der Waals surface area contributed by atoms with E-state index < -0.39 is 5.54 Å². The van der Waals surface area contributed by atoms with Crippen molar-refractivity contribution in [3.05, 3.63) is 89.1 Å². The highest BCUT2D eigenvalue weighted by Crippen LogP contribution is 2.46. The number of hydrogen-bond donors (Lipinski definition) is 3. The van der Waals surface area contributed by atoms with E-state index in [-0.39, 0.29) is 17.4 Å². The Bertz CT molecular complexity index is 1300. The number of fused-ring (bicyclic) bond motifs is 1. The number of nitrogens with zero attached hydrogens (tertiary/aromatic N) is 1. The molecule has 2 aliphatic heterocycles. The predicted octanol–water partition coefficient (Wildman–Crippen LogP) is 4.61. The average molecular weight is 456 g/mol. The van der Waals surface area contributed by atoms with Gasteiger partial charge in [-0.25, -0.2) is 0 Å². The molecule has 0 bridgehead atoms. The molecule has 0 saturated carbocycles. The van der Waals surface area contributed by atoms with E-state index in [1.807, 2.05) is 24.3 Å². The second kappa shape index (κ2) is 7.95. The number of methoxy groups -OCH3 is 2. The average Bonchev–Trinajstić information content (AvgIpc) is 3.35. The highest BCUT2D eigenvalue weighted by molar-refractivity contribution is 6.36. The molecule has 5 rings (SSSR count). The SMILES string of the molecule is COc1cc(OC)cc(N2C(=N)C(=C3Cc4ccccc4N3)C(=O)C2(C)c2ccc(O)cc2)c1. The van der Waals surface area contributed by atoms with E-state index >= 15 is 0 Å². The number of benzene rings is 3. The fourth-order valence-corrected chi connectivity index (χ4v) is 4.77. The van der Waals surface area contributed by atoms with Gasteiger partial charge in [0.05, 0.1) is 25.5 Å². The smallest absolute Gasteiger partial charge is 0.198 e. The topological polar surface area (TPSA) is 94.9 Å². The number of amidine groups is 1. The monoisotopic (exact) mass is 455 g/mol. The lowest BCUT2D eigenvalue weighted by Gasteiger charge is -2.35. The second-order valence-electron chi connectivity index (χ2n) is 8.52. The Labute approximate surface area is 197 Å². The Balaban J connectivity index is 1.72. The minimum Gasteiger partial charge on any atom is -0.508 e. The molecule has 3 N–H and O–H groups in total. The van der Waals surface area contributed by atoms with Crippen molar-refractivity contribution in [2.75, 3.05) is 24.4 Å². The van der Waals surface area contributed by atoms with E-state index in [2.05, 4.69) is 5.32 Å². The molecule has 1 fully saturated rings. The number of aromatic hydroxyl groups is 1. The summed E-state index contributed by atoms with van der Waals surface area (Å²) in [6, 6.07) is 19.7. The van der Waals surface area contributed by atoms with Crippen LogP contribution in [0.2, 0.25) is 0 Å². The van der Waals surface area contributed by atoms with Crippen molar-refractivity contribution in [2.45, 2.75) is 18.9 Å². The summed E-state index contributed by atoms with van der Waals surface area (Å²) in [7, 11) is 3.12. The van der Waals surface area contributed by atoms with Crippen LogP contribution in [0.4, 0.5) is 11.4 Å². The third kappa shape index (κ3) is 3.20. The van der Waals surface area contributed by atoms with Crippen molar-refractivity contribution < 1.29 is 19.4 Å². The summed E-state index contributed by atoms with van der Waals surface area (Å²) in [5.74, 6) is 1.10. The molecule has 2 aliphatic rings. The number of hydrogen-bond acceptors (Lipinski definition) is 6. The molecule has 3 aromatic rings. The second-order valence-corrected chi connectivity index (χ2v) is 8.52. The van der Waals surface area contributed by atoms with E-state index in [0.29, 0.717) is 40.4 Å². The van der Waals surface area contributed by atoms with E-state index in [1.165, 1.54) is 0 Å². The van der Waals surface area contributed by atoms with Gasteiger partial charge in [0.1, 0.15) is 28.6 Å². The molecule has 1 saturated heterocycles. The molecule has 172 valence electrons. The van der Waals surface area contributed by atoms with Gasteiger partial charge in [0.15, 0.2) is 5.78 Å². The normalized spacial score (nSPS) is 21.4. The van der Waals surface area contributed by atoms with E-state index in [1.54, 1.807) is 68.5 Å². The van der Waals surface area contributed by atoms with Gasteiger partial charge in [0, 0.05) is 36.0 Å². The summed E-state index contributed by atoms with van der Waals surface area (Å²) in [4.78, 5) is 15.9. The lowest BCUT2D eigenvalue weighted by Crippen LogP contribution is -2.44. The number of para-hydroxylation sites is 1. The van der Waals surface area contributed by atoms with Gasteiger partial charge >= 0.3 is 0 Å². The molecule has 2 heterocycles. The maximum absolute atomic E-state index is 14.1. The zero-order valence-electron chi connectivity index (χ0n) is 19.2. The van der Waals surface area contributed by atoms with Gasteiger partial charge in [-0.2, -0.15) is 0 Å². The molecule has 1 atom stereocenters.